The molecule has 0 atom stereocenters. The lowest BCUT2D eigenvalue weighted by Gasteiger charge is -2.29. The maximum atomic E-state index is 11.9. The van der Waals surface area contributed by atoms with Crippen LogP contribution in [0.15, 0.2) is 12.1 Å². The van der Waals surface area contributed by atoms with Crippen molar-refractivity contribution in [2.45, 2.75) is 52.3 Å². The number of rotatable bonds is 10. The van der Waals surface area contributed by atoms with Crippen LogP contribution < -0.4 is 5.32 Å². The maximum absolute atomic E-state index is 11.9. The molecule has 0 aliphatic carbocycles. The zero-order chi connectivity index (χ0) is 28.3. The number of amides is 1. The quantitative estimate of drug-likeness (QED) is 0.308. The van der Waals surface area contributed by atoms with Gasteiger partial charge < -0.3 is 25.4 Å². The van der Waals surface area contributed by atoms with Crippen LogP contribution in [0.1, 0.15) is 44.1 Å². The number of carbonyl (C=O) groups is 4. The number of carboxylic acid groups (broad SMARTS) is 3. The van der Waals surface area contributed by atoms with Gasteiger partial charge in [0.05, 0.1) is 31.0 Å². The molecule has 4 N–H and O–H groups in total. The van der Waals surface area contributed by atoms with Gasteiger partial charge in [0, 0.05) is 45.8 Å². The summed E-state index contributed by atoms with van der Waals surface area (Å²) >= 11 is 0. The van der Waals surface area contributed by atoms with Crippen LogP contribution in [0, 0.1) is 0 Å². The Morgan fingerprint density at radius 2 is 1.29 bits per heavy atom. The highest BCUT2D eigenvalue weighted by molar-refractivity contribution is 5.70. The van der Waals surface area contributed by atoms with E-state index in [1.807, 2.05) is 12.1 Å². The summed E-state index contributed by atoms with van der Waals surface area (Å²) in [6.45, 7) is 6.78. The number of hydrogen-bond acceptors (Lipinski definition) is 9. The third-order valence-corrected chi connectivity index (χ3v) is 5.61. The van der Waals surface area contributed by atoms with Gasteiger partial charge in [-0.25, -0.2) is 4.79 Å². The second-order valence-corrected chi connectivity index (χ2v) is 10.4. The molecule has 1 aliphatic rings. The van der Waals surface area contributed by atoms with Crippen LogP contribution in [0.4, 0.5) is 4.79 Å². The predicted molar refractivity (Wildman–Crippen MR) is 137 cm³/mol. The first-order valence-corrected chi connectivity index (χ1v) is 12.6. The van der Waals surface area contributed by atoms with Crippen LogP contribution >= 0.6 is 0 Å². The zero-order valence-corrected chi connectivity index (χ0v) is 22.3. The molecule has 2 heterocycles. The summed E-state index contributed by atoms with van der Waals surface area (Å²) in [7, 11) is 0. The van der Waals surface area contributed by atoms with E-state index in [1.54, 1.807) is 35.5 Å². The lowest BCUT2D eigenvalue weighted by molar-refractivity contribution is -0.140. The Bertz CT molecular complexity index is 933. The molecule has 2 rings (SSSR count). The monoisotopic (exact) mass is 537 g/mol. The van der Waals surface area contributed by atoms with Gasteiger partial charge in [-0.05, 0) is 51.3 Å². The number of aliphatic carboxylic acids is 3. The molecule has 0 aromatic carbocycles. The minimum absolute atomic E-state index is 0.229. The van der Waals surface area contributed by atoms with Crippen LogP contribution in [0.25, 0.3) is 0 Å². The van der Waals surface area contributed by atoms with Gasteiger partial charge in [-0.15, -0.1) is 0 Å². The van der Waals surface area contributed by atoms with Crippen molar-refractivity contribution in [2.24, 2.45) is 0 Å². The molecule has 13 nitrogen and oxygen atoms in total. The standard InChI is InChI=1S/C25H39N5O8/c1-25(2,3)38-24(37)26-6-4-5-18-11-19-13-29(16-22(33)34)9-7-28(15-21(31)32)8-10-30(17-23(35)36)14-20(12-18)27-19/h11-12H,4-10,13-17H2,1-3H3,(H,26,37)(H,31,32)(H,33,34)(H,35,36). The second-order valence-electron chi connectivity index (χ2n) is 10.4. The third-order valence-electron chi connectivity index (χ3n) is 5.61. The van der Waals surface area contributed by atoms with Crippen LogP contribution in [0.3, 0.4) is 0 Å². The molecule has 1 aromatic heterocycles. The normalized spacial score (nSPS) is 16.2. The van der Waals surface area contributed by atoms with Crippen LogP contribution in [-0.4, -0.2) is 117 Å². The van der Waals surface area contributed by atoms with Crippen LogP contribution in [0.5, 0.6) is 0 Å². The molecular formula is C25H39N5O8. The van der Waals surface area contributed by atoms with Crippen molar-refractivity contribution >= 4 is 24.0 Å². The molecule has 0 saturated carbocycles. The molecule has 0 fully saturated rings. The average molecular weight is 538 g/mol. The molecule has 212 valence electrons. The van der Waals surface area contributed by atoms with Gasteiger partial charge in [0.1, 0.15) is 5.60 Å². The van der Waals surface area contributed by atoms with Gasteiger partial charge in [-0.2, -0.15) is 0 Å². The molecule has 2 bridgehead atoms. The minimum Gasteiger partial charge on any atom is -0.480 e. The smallest absolute Gasteiger partial charge is 0.407 e. The highest BCUT2D eigenvalue weighted by Crippen LogP contribution is 2.14. The van der Waals surface area contributed by atoms with E-state index >= 15 is 0 Å². The molecule has 0 unspecified atom stereocenters. The van der Waals surface area contributed by atoms with Crippen molar-refractivity contribution in [1.29, 1.82) is 0 Å². The van der Waals surface area contributed by atoms with Crippen molar-refractivity contribution in [3.05, 3.63) is 29.1 Å². The van der Waals surface area contributed by atoms with Crippen molar-refractivity contribution in [3.8, 4) is 0 Å². The van der Waals surface area contributed by atoms with Crippen LogP contribution in [-0.2, 0) is 38.6 Å². The van der Waals surface area contributed by atoms with Gasteiger partial charge in [0.15, 0.2) is 0 Å². The molecule has 1 amide bonds. The van der Waals surface area contributed by atoms with E-state index in [9.17, 15) is 34.5 Å². The fraction of sp³-hybridized carbons (Fsp3) is 0.640. The van der Waals surface area contributed by atoms with Gasteiger partial charge in [0.2, 0.25) is 0 Å². The van der Waals surface area contributed by atoms with Crippen LogP contribution in [0.2, 0.25) is 0 Å². The Morgan fingerprint density at radius 1 is 0.842 bits per heavy atom. The first kappa shape index (κ1) is 30.9. The first-order valence-electron chi connectivity index (χ1n) is 12.6. The number of carboxylic acids is 3. The summed E-state index contributed by atoms with van der Waals surface area (Å²) in [5.74, 6) is -3.01. The molecule has 0 saturated heterocycles. The number of pyridine rings is 1. The largest absolute Gasteiger partial charge is 0.480 e. The Morgan fingerprint density at radius 3 is 1.74 bits per heavy atom. The fourth-order valence-corrected chi connectivity index (χ4v) is 4.12. The van der Waals surface area contributed by atoms with E-state index in [-0.39, 0.29) is 32.7 Å². The number of alkyl carbamates (subject to hydrolysis) is 1. The number of carbonyl (C=O) groups excluding carboxylic acids is 1. The lowest BCUT2D eigenvalue weighted by atomic mass is 10.1. The van der Waals surface area contributed by atoms with Gasteiger partial charge in [0.25, 0.3) is 0 Å². The first-order chi connectivity index (χ1) is 17.8. The minimum atomic E-state index is -1.01. The van der Waals surface area contributed by atoms with Gasteiger partial charge in [-0.1, -0.05) is 0 Å². The highest BCUT2D eigenvalue weighted by Gasteiger charge is 2.20. The Balaban J connectivity index is 2.22. The summed E-state index contributed by atoms with van der Waals surface area (Å²) in [6, 6.07) is 3.77. The molecule has 1 aromatic rings. The summed E-state index contributed by atoms with van der Waals surface area (Å²) in [5, 5.41) is 30.8. The summed E-state index contributed by atoms with van der Waals surface area (Å²) in [5.41, 5.74) is 1.63. The van der Waals surface area contributed by atoms with Crippen molar-refractivity contribution < 1.29 is 39.2 Å². The van der Waals surface area contributed by atoms with Crippen molar-refractivity contribution in [2.75, 3.05) is 52.4 Å². The maximum Gasteiger partial charge on any atom is 0.407 e. The molecule has 1 aliphatic heterocycles. The molecular weight excluding hydrogens is 498 g/mol. The number of nitrogens with zero attached hydrogens (tertiary/aromatic N) is 4. The Hall–Kier alpha value is -3.29. The van der Waals surface area contributed by atoms with E-state index in [0.717, 1.165) is 5.56 Å². The summed E-state index contributed by atoms with van der Waals surface area (Å²) in [4.78, 5) is 56.0. The van der Waals surface area contributed by atoms with E-state index in [2.05, 4.69) is 10.3 Å². The van der Waals surface area contributed by atoms with Crippen molar-refractivity contribution in [3.63, 3.8) is 0 Å². The SMILES string of the molecule is CC(C)(C)OC(=O)NCCCc1cc2nc(c1)CN(CC(=O)O)CCN(CC(=O)O)CCN(CC(=O)O)C2. The van der Waals surface area contributed by atoms with E-state index in [4.69, 9.17) is 4.74 Å². The summed E-state index contributed by atoms with van der Waals surface area (Å²) in [6.07, 6.45) is 0.751. The molecule has 0 radical (unpaired) electrons. The number of ether oxygens (including phenoxy) is 1. The molecule has 38 heavy (non-hydrogen) atoms. The predicted octanol–water partition coefficient (Wildman–Crippen LogP) is 0.712. The van der Waals surface area contributed by atoms with Gasteiger partial charge in [-0.3, -0.25) is 34.1 Å². The fourth-order valence-electron chi connectivity index (χ4n) is 4.12. The lowest BCUT2D eigenvalue weighted by Crippen LogP contribution is -2.44. The third kappa shape index (κ3) is 12.8. The molecule has 0 spiro atoms. The Kier molecular flexibility index (Phi) is 11.9. The number of nitrogens with one attached hydrogen (secondary N) is 1. The molecule has 13 heteroatoms. The summed E-state index contributed by atoms with van der Waals surface area (Å²) < 4.78 is 5.25. The highest BCUT2D eigenvalue weighted by atomic mass is 16.6. The van der Waals surface area contributed by atoms with Gasteiger partial charge >= 0.3 is 24.0 Å². The Labute approximate surface area is 222 Å². The van der Waals surface area contributed by atoms with E-state index in [0.29, 0.717) is 57.0 Å². The number of aryl methyl sites for hydroxylation is 1. The second kappa shape index (κ2) is 14.6. The number of hydrogen-bond donors (Lipinski definition) is 4. The van der Waals surface area contributed by atoms with E-state index < -0.39 is 29.6 Å². The number of fused-ring (bicyclic) bond motifs is 2. The number of aromatic nitrogens is 1. The van der Waals surface area contributed by atoms with Crippen molar-refractivity contribution in [1.82, 2.24) is 25.0 Å². The average Bonchev–Trinajstić information content (AvgIpc) is 2.75. The topological polar surface area (TPSA) is 173 Å². The zero-order valence-electron chi connectivity index (χ0n) is 22.3. The van der Waals surface area contributed by atoms with E-state index in [1.165, 1.54) is 0 Å².